The molecule has 29 heavy (non-hydrogen) atoms. The van der Waals surface area contributed by atoms with Crippen molar-refractivity contribution >= 4 is 27.5 Å². The van der Waals surface area contributed by atoms with Crippen LogP contribution >= 0.6 is 11.3 Å². The van der Waals surface area contributed by atoms with Crippen LogP contribution in [0.25, 0.3) is 10.2 Å². The van der Waals surface area contributed by atoms with Gasteiger partial charge in [-0.05, 0) is 37.3 Å². The van der Waals surface area contributed by atoms with Crippen LogP contribution in [0.5, 0.6) is 5.75 Å². The highest BCUT2D eigenvalue weighted by molar-refractivity contribution is 7.18. The molecule has 4 nitrogen and oxygen atoms in total. The molecule has 0 saturated heterocycles. The van der Waals surface area contributed by atoms with E-state index in [0.29, 0.717) is 12.2 Å². The highest BCUT2D eigenvalue weighted by atomic mass is 32.1. The number of ether oxygens (including phenoxy) is 1. The SMILES string of the molecule is CC(c1nc2ccccc2s1)N(C)C(=O)c1ccccc1COc1ccccc1. The molecule has 0 aliphatic rings. The molecular weight excluding hydrogens is 380 g/mol. The molecule has 4 rings (SSSR count). The van der Waals surface area contributed by atoms with Crippen LogP contribution in [0.15, 0.2) is 78.9 Å². The fourth-order valence-corrected chi connectivity index (χ4v) is 4.20. The third-order valence-corrected chi connectivity index (χ3v) is 6.16. The number of amides is 1. The van der Waals surface area contributed by atoms with Gasteiger partial charge in [-0.1, -0.05) is 48.5 Å². The van der Waals surface area contributed by atoms with Crippen molar-refractivity contribution in [1.82, 2.24) is 9.88 Å². The first-order valence-electron chi connectivity index (χ1n) is 9.52. The Balaban J connectivity index is 1.53. The van der Waals surface area contributed by atoms with Crippen molar-refractivity contribution in [3.63, 3.8) is 0 Å². The monoisotopic (exact) mass is 402 g/mol. The lowest BCUT2D eigenvalue weighted by molar-refractivity contribution is 0.0740. The molecule has 3 aromatic carbocycles. The highest BCUT2D eigenvalue weighted by Crippen LogP contribution is 2.30. The Labute approximate surface area is 174 Å². The maximum Gasteiger partial charge on any atom is 0.254 e. The Morgan fingerprint density at radius 2 is 1.69 bits per heavy atom. The molecule has 4 aromatic rings. The Bertz CT molecular complexity index is 1090. The standard InChI is InChI=1S/C24H22N2O2S/c1-17(23-25-21-14-8-9-15-22(21)29-23)26(2)24(27)20-13-7-6-10-18(20)16-28-19-11-4-3-5-12-19/h3-15,17H,16H2,1-2H3. The van der Waals surface area contributed by atoms with E-state index in [-0.39, 0.29) is 11.9 Å². The zero-order valence-corrected chi connectivity index (χ0v) is 17.2. The van der Waals surface area contributed by atoms with Gasteiger partial charge in [-0.2, -0.15) is 0 Å². The number of thiazole rings is 1. The van der Waals surface area contributed by atoms with E-state index >= 15 is 0 Å². The van der Waals surface area contributed by atoms with E-state index in [0.717, 1.165) is 26.5 Å². The maximum atomic E-state index is 13.3. The lowest BCUT2D eigenvalue weighted by atomic mass is 10.1. The summed E-state index contributed by atoms with van der Waals surface area (Å²) in [7, 11) is 1.83. The molecule has 1 amide bonds. The van der Waals surface area contributed by atoms with Crippen LogP contribution < -0.4 is 4.74 Å². The fraction of sp³-hybridized carbons (Fsp3) is 0.167. The number of carbonyl (C=O) groups is 1. The van der Waals surface area contributed by atoms with Gasteiger partial charge < -0.3 is 9.64 Å². The van der Waals surface area contributed by atoms with Crippen LogP contribution in [-0.2, 0) is 6.61 Å². The second kappa shape index (κ2) is 8.45. The predicted octanol–water partition coefficient (Wildman–Crippen LogP) is 5.71. The minimum Gasteiger partial charge on any atom is -0.489 e. The molecule has 0 aliphatic heterocycles. The van der Waals surface area contributed by atoms with E-state index in [9.17, 15) is 4.79 Å². The Kier molecular flexibility index (Phi) is 5.58. The van der Waals surface area contributed by atoms with Crippen molar-refractivity contribution in [2.75, 3.05) is 7.05 Å². The summed E-state index contributed by atoms with van der Waals surface area (Å²) in [6.45, 7) is 2.36. The second-order valence-corrected chi connectivity index (χ2v) is 7.93. The van der Waals surface area contributed by atoms with Crippen molar-refractivity contribution in [3.8, 4) is 5.75 Å². The summed E-state index contributed by atoms with van der Waals surface area (Å²) in [5, 5.41) is 0.931. The average molecular weight is 403 g/mol. The summed E-state index contributed by atoms with van der Waals surface area (Å²) in [6.07, 6.45) is 0. The van der Waals surface area contributed by atoms with Gasteiger partial charge in [0.05, 0.1) is 16.3 Å². The summed E-state index contributed by atoms with van der Waals surface area (Å²) in [6, 6.07) is 25.2. The smallest absolute Gasteiger partial charge is 0.254 e. The van der Waals surface area contributed by atoms with Crippen molar-refractivity contribution in [2.24, 2.45) is 0 Å². The van der Waals surface area contributed by atoms with Gasteiger partial charge in [0, 0.05) is 18.2 Å². The lowest BCUT2D eigenvalue weighted by Crippen LogP contribution is -2.30. The molecule has 0 fully saturated rings. The summed E-state index contributed by atoms with van der Waals surface area (Å²) in [5.41, 5.74) is 2.49. The van der Waals surface area contributed by atoms with Gasteiger partial charge >= 0.3 is 0 Å². The average Bonchev–Trinajstić information content (AvgIpc) is 3.21. The zero-order chi connectivity index (χ0) is 20.2. The number of aromatic nitrogens is 1. The molecule has 146 valence electrons. The third-order valence-electron chi connectivity index (χ3n) is 4.95. The first-order valence-corrected chi connectivity index (χ1v) is 10.3. The van der Waals surface area contributed by atoms with Crippen molar-refractivity contribution in [1.29, 1.82) is 0 Å². The van der Waals surface area contributed by atoms with E-state index in [1.807, 2.05) is 86.8 Å². The summed E-state index contributed by atoms with van der Waals surface area (Å²) in [5.74, 6) is 0.745. The van der Waals surface area contributed by atoms with Crippen LogP contribution in [0.2, 0.25) is 0 Å². The minimum atomic E-state index is -0.122. The van der Waals surface area contributed by atoms with Gasteiger partial charge in [0.1, 0.15) is 17.4 Å². The van der Waals surface area contributed by atoms with Gasteiger partial charge in [0.15, 0.2) is 0 Å². The third kappa shape index (κ3) is 4.15. The van der Waals surface area contributed by atoms with Gasteiger partial charge in [0.25, 0.3) is 5.91 Å². The molecule has 1 aromatic heterocycles. The first kappa shape index (κ1) is 19.2. The number of para-hydroxylation sites is 2. The number of fused-ring (bicyclic) bond motifs is 1. The highest BCUT2D eigenvalue weighted by Gasteiger charge is 2.23. The van der Waals surface area contributed by atoms with E-state index in [1.54, 1.807) is 16.2 Å². The van der Waals surface area contributed by atoms with Crippen LogP contribution in [0.4, 0.5) is 0 Å². The van der Waals surface area contributed by atoms with Gasteiger partial charge in [-0.25, -0.2) is 4.98 Å². The lowest BCUT2D eigenvalue weighted by Gasteiger charge is -2.24. The Morgan fingerprint density at radius 3 is 2.48 bits per heavy atom. The largest absolute Gasteiger partial charge is 0.489 e. The molecule has 0 spiro atoms. The molecule has 1 atom stereocenters. The number of rotatable bonds is 6. The molecule has 0 bridgehead atoms. The van der Waals surface area contributed by atoms with Crippen LogP contribution in [-0.4, -0.2) is 22.8 Å². The van der Waals surface area contributed by atoms with Crippen LogP contribution in [0.1, 0.15) is 33.9 Å². The van der Waals surface area contributed by atoms with Crippen molar-refractivity contribution in [3.05, 3.63) is 95.0 Å². The van der Waals surface area contributed by atoms with Crippen LogP contribution in [0, 0.1) is 0 Å². The Morgan fingerprint density at radius 1 is 1.00 bits per heavy atom. The molecular formula is C24H22N2O2S. The molecule has 5 heteroatoms. The normalized spacial score (nSPS) is 11.9. The summed E-state index contributed by atoms with van der Waals surface area (Å²) in [4.78, 5) is 19.7. The molecule has 0 aliphatic carbocycles. The molecule has 0 N–H and O–H groups in total. The van der Waals surface area contributed by atoms with E-state index in [4.69, 9.17) is 9.72 Å². The Hall–Kier alpha value is -3.18. The molecule has 0 saturated carbocycles. The molecule has 1 unspecified atom stereocenters. The summed E-state index contributed by atoms with van der Waals surface area (Å²) >= 11 is 1.63. The zero-order valence-electron chi connectivity index (χ0n) is 16.4. The van der Waals surface area contributed by atoms with Crippen LogP contribution in [0.3, 0.4) is 0 Å². The van der Waals surface area contributed by atoms with Gasteiger partial charge in [0.2, 0.25) is 0 Å². The van der Waals surface area contributed by atoms with Gasteiger partial charge in [-0.3, -0.25) is 4.79 Å². The molecule has 0 radical (unpaired) electrons. The number of hydrogen-bond acceptors (Lipinski definition) is 4. The second-order valence-electron chi connectivity index (χ2n) is 6.87. The number of hydrogen-bond donors (Lipinski definition) is 0. The molecule has 1 heterocycles. The van der Waals surface area contributed by atoms with E-state index in [2.05, 4.69) is 6.07 Å². The quantitative estimate of drug-likeness (QED) is 0.415. The number of nitrogens with zero attached hydrogens (tertiary/aromatic N) is 2. The minimum absolute atomic E-state index is 0.0379. The van der Waals surface area contributed by atoms with Gasteiger partial charge in [-0.15, -0.1) is 11.3 Å². The van der Waals surface area contributed by atoms with Crippen molar-refractivity contribution in [2.45, 2.75) is 19.6 Å². The summed E-state index contributed by atoms with van der Waals surface area (Å²) < 4.78 is 7.00. The fourth-order valence-electron chi connectivity index (χ4n) is 3.13. The van der Waals surface area contributed by atoms with E-state index in [1.165, 1.54) is 0 Å². The predicted molar refractivity (Wildman–Crippen MR) is 117 cm³/mol. The number of benzene rings is 3. The number of carbonyl (C=O) groups excluding carboxylic acids is 1. The van der Waals surface area contributed by atoms with E-state index < -0.39 is 0 Å². The van der Waals surface area contributed by atoms with Crippen molar-refractivity contribution < 1.29 is 9.53 Å². The maximum absolute atomic E-state index is 13.3. The topological polar surface area (TPSA) is 42.4 Å². The first-order chi connectivity index (χ1) is 14.1.